The molecular formula is C15H20N2O2. The summed E-state index contributed by atoms with van der Waals surface area (Å²) in [5.74, 6) is 0.284. The summed E-state index contributed by atoms with van der Waals surface area (Å²) < 4.78 is 0. The van der Waals surface area contributed by atoms with E-state index >= 15 is 0 Å². The third-order valence-corrected chi connectivity index (χ3v) is 4.38. The van der Waals surface area contributed by atoms with Gasteiger partial charge in [-0.3, -0.25) is 4.79 Å². The van der Waals surface area contributed by atoms with E-state index < -0.39 is 5.60 Å². The van der Waals surface area contributed by atoms with E-state index in [9.17, 15) is 9.90 Å². The number of hydrogen-bond acceptors (Lipinski definition) is 3. The summed E-state index contributed by atoms with van der Waals surface area (Å²) in [4.78, 5) is 14.1. The van der Waals surface area contributed by atoms with E-state index in [2.05, 4.69) is 11.4 Å². The normalized spacial score (nSPS) is 23.8. The number of carbonyl (C=O) groups is 1. The molecule has 4 nitrogen and oxygen atoms in total. The molecule has 3 rings (SSSR count). The van der Waals surface area contributed by atoms with Gasteiger partial charge in [0.05, 0.1) is 13.1 Å². The predicted molar refractivity (Wildman–Crippen MR) is 73.9 cm³/mol. The van der Waals surface area contributed by atoms with Gasteiger partial charge < -0.3 is 15.3 Å². The summed E-state index contributed by atoms with van der Waals surface area (Å²) in [6, 6.07) is 7.85. The molecule has 19 heavy (non-hydrogen) atoms. The van der Waals surface area contributed by atoms with Crippen molar-refractivity contribution in [3.8, 4) is 0 Å². The van der Waals surface area contributed by atoms with E-state index in [0.29, 0.717) is 13.1 Å². The number of benzene rings is 1. The second-order valence-corrected chi connectivity index (χ2v) is 6.01. The molecule has 0 radical (unpaired) electrons. The molecule has 1 atom stereocenters. The number of likely N-dealkylation sites (tertiary alicyclic amines) is 1. The van der Waals surface area contributed by atoms with Gasteiger partial charge in [0.1, 0.15) is 11.6 Å². The van der Waals surface area contributed by atoms with Gasteiger partial charge in [-0.25, -0.2) is 0 Å². The molecule has 1 saturated heterocycles. The zero-order valence-corrected chi connectivity index (χ0v) is 11.4. The van der Waals surface area contributed by atoms with Gasteiger partial charge in [-0.1, -0.05) is 32.0 Å². The average Bonchev–Trinajstić information content (AvgIpc) is 2.77. The molecule has 2 aliphatic heterocycles. The Morgan fingerprint density at radius 3 is 2.74 bits per heavy atom. The van der Waals surface area contributed by atoms with Gasteiger partial charge in [0.25, 0.3) is 0 Å². The van der Waals surface area contributed by atoms with Crippen molar-refractivity contribution in [3.05, 3.63) is 29.8 Å². The molecule has 2 N–H and O–H groups in total. The van der Waals surface area contributed by atoms with Crippen molar-refractivity contribution < 1.29 is 9.90 Å². The summed E-state index contributed by atoms with van der Waals surface area (Å²) >= 11 is 0. The minimum Gasteiger partial charge on any atom is -0.386 e. The molecule has 4 heteroatoms. The van der Waals surface area contributed by atoms with Crippen LogP contribution < -0.4 is 5.32 Å². The molecular weight excluding hydrogens is 240 g/mol. The van der Waals surface area contributed by atoms with E-state index in [1.165, 1.54) is 5.56 Å². The number of para-hydroxylation sites is 1. The van der Waals surface area contributed by atoms with Gasteiger partial charge >= 0.3 is 0 Å². The number of fused-ring (bicyclic) bond motifs is 1. The number of nitrogens with zero attached hydrogens (tertiary/aromatic N) is 1. The van der Waals surface area contributed by atoms with Crippen molar-refractivity contribution in [1.82, 2.24) is 4.90 Å². The van der Waals surface area contributed by atoms with Crippen molar-refractivity contribution in [2.45, 2.75) is 31.9 Å². The Morgan fingerprint density at radius 1 is 1.42 bits per heavy atom. The zero-order chi connectivity index (χ0) is 13.6. The molecule has 0 spiro atoms. The summed E-state index contributed by atoms with van der Waals surface area (Å²) in [5, 5.41) is 13.5. The smallest absolute Gasteiger partial charge is 0.245 e. The number of amides is 1. The lowest BCUT2D eigenvalue weighted by Gasteiger charge is -2.49. The van der Waals surface area contributed by atoms with Gasteiger partial charge in [0.15, 0.2) is 0 Å². The minimum atomic E-state index is -0.693. The maximum atomic E-state index is 12.4. The second kappa shape index (κ2) is 4.23. The Balaban J connectivity index is 1.63. The predicted octanol–water partition coefficient (Wildman–Crippen LogP) is 1.25. The molecule has 1 fully saturated rings. The molecule has 102 valence electrons. The standard InChI is InChI=1S/C15H20N2O2/c1-10(2)15(19)8-17(9-15)14(18)13-7-11-5-3-4-6-12(11)16-13/h3-6,10,13,16,19H,7-9H2,1-2H3/t13-/m0/s1. The molecule has 2 aliphatic rings. The number of carbonyl (C=O) groups excluding carboxylic acids is 1. The highest BCUT2D eigenvalue weighted by atomic mass is 16.3. The van der Waals surface area contributed by atoms with Gasteiger partial charge in [0, 0.05) is 12.1 Å². The average molecular weight is 260 g/mol. The third kappa shape index (κ3) is 2.00. The lowest BCUT2D eigenvalue weighted by molar-refractivity contribution is -0.164. The van der Waals surface area contributed by atoms with Gasteiger partial charge in [0.2, 0.25) is 5.91 Å². The molecule has 0 aromatic heterocycles. The van der Waals surface area contributed by atoms with Crippen LogP contribution in [0.15, 0.2) is 24.3 Å². The van der Waals surface area contributed by atoms with E-state index in [0.717, 1.165) is 12.1 Å². The minimum absolute atomic E-state index is 0.0986. The molecule has 0 saturated carbocycles. The molecule has 1 aromatic carbocycles. The SMILES string of the molecule is CC(C)C1(O)CN(C(=O)[C@@H]2Cc3ccccc3N2)C1. The largest absolute Gasteiger partial charge is 0.386 e. The van der Waals surface area contributed by atoms with Crippen molar-refractivity contribution in [2.75, 3.05) is 18.4 Å². The molecule has 2 heterocycles. The topological polar surface area (TPSA) is 52.6 Å². The van der Waals surface area contributed by atoms with Crippen molar-refractivity contribution in [2.24, 2.45) is 5.92 Å². The maximum absolute atomic E-state index is 12.4. The van der Waals surface area contributed by atoms with E-state index in [1.807, 2.05) is 32.0 Å². The van der Waals surface area contributed by atoms with E-state index in [4.69, 9.17) is 0 Å². The third-order valence-electron chi connectivity index (χ3n) is 4.38. The number of anilines is 1. The number of rotatable bonds is 2. The summed E-state index contributed by atoms with van der Waals surface area (Å²) in [6.07, 6.45) is 0.742. The Labute approximate surface area is 113 Å². The summed E-state index contributed by atoms with van der Waals surface area (Å²) in [5.41, 5.74) is 1.56. The van der Waals surface area contributed by atoms with Crippen LogP contribution in [0.25, 0.3) is 0 Å². The van der Waals surface area contributed by atoms with Crippen molar-refractivity contribution in [3.63, 3.8) is 0 Å². The Bertz CT molecular complexity index is 482. The fourth-order valence-corrected chi connectivity index (χ4v) is 2.80. The van der Waals surface area contributed by atoms with Crippen LogP contribution in [-0.2, 0) is 11.2 Å². The van der Waals surface area contributed by atoms with Gasteiger partial charge in [-0.2, -0.15) is 0 Å². The Hall–Kier alpha value is -1.55. The van der Waals surface area contributed by atoms with Crippen LogP contribution in [0, 0.1) is 5.92 Å². The van der Waals surface area contributed by atoms with Crippen LogP contribution in [-0.4, -0.2) is 40.6 Å². The first kappa shape index (κ1) is 12.5. The number of β-amino-alcohol motifs (C(OH)–C–C–N with tert-alkyl or cyclic N) is 1. The summed E-state index contributed by atoms with van der Waals surface area (Å²) in [6.45, 7) is 4.90. The van der Waals surface area contributed by atoms with Crippen LogP contribution in [0.1, 0.15) is 19.4 Å². The van der Waals surface area contributed by atoms with Crippen LogP contribution >= 0.6 is 0 Å². The van der Waals surface area contributed by atoms with Gasteiger partial charge in [-0.15, -0.1) is 0 Å². The van der Waals surface area contributed by atoms with E-state index in [-0.39, 0.29) is 17.9 Å². The zero-order valence-electron chi connectivity index (χ0n) is 11.4. The first-order valence-electron chi connectivity index (χ1n) is 6.85. The van der Waals surface area contributed by atoms with Crippen molar-refractivity contribution in [1.29, 1.82) is 0 Å². The highest BCUT2D eigenvalue weighted by Gasteiger charge is 2.47. The van der Waals surface area contributed by atoms with Crippen LogP contribution in [0.5, 0.6) is 0 Å². The first-order chi connectivity index (χ1) is 8.99. The Morgan fingerprint density at radius 2 is 2.11 bits per heavy atom. The fourth-order valence-electron chi connectivity index (χ4n) is 2.80. The van der Waals surface area contributed by atoms with Crippen molar-refractivity contribution >= 4 is 11.6 Å². The molecule has 0 aliphatic carbocycles. The molecule has 0 unspecified atom stereocenters. The maximum Gasteiger partial charge on any atom is 0.245 e. The van der Waals surface area contributed by atoms with E-state index in [1.54, 1.807) is 4.90 Å². The number of aliphatic hydroxyl groups is 1. The molecule has 0 bridgehead atoms. The lowest BCUT2D eigenvalue weighted by Crippen LogP contribution is -2.67. The summed E-state index contributed by atoms with van der Waals surface area (Å²) in [7, 11) is 0. The van der Waals surface area contributed by atoms with Crippen LogP contribution in [0.2, 0.25) is 0 Å². The van der Waals surface area contributed by atoms with Gasteiger partial charge in [-0.05, 0) is 17.5 Å². The quantitative estimate of drug-likeness (QED) is 0.841. The second-order valence-electron chi connectivity index (χ2n) is 6.01. The number of hydrogen-bond donors (Lipinski definition) is 2. The number of nitrogens with one attached hydrogen (secondary N) is 1. The lowest BCUT2D eigenvalue weighted by atomic mass is 9.82. The highest BCUT2D eigenvalue weighted by molar-refractivity contribution is 5.88. The molecule has 1 aromatic rings. The van der Waals surface area contributed by atoms with Crippen LogP contribution in [0.4, 0.5) is 5.69 Å². The fraction of sp³-hybridized carbons (Fsp3) is 0.533. The monoisotopic (exact) mass is 260 g/mol. The Kier molecular flexibility index (Phi) is 2.78. The van der Waals surface area contributed by atoms with Crippen LogP contribution in [0.3, 0.4) is 0 Å². The highest BCUT2D eigenvalue weighted by Crippen LogP contribution is 2.32. The molecule has 1 amide bonds. The first-order valence-corrected chi connectivity index (χ1v) is 6.85.